The number of nitrogens with zero attached hydrogens (tertiary/aromatic N) is 1. The van der Waals surface area contributed by atoms with Crippen LogP contribution in [0.4, 0.5) is 0 Å². The van der Waals surface area contributed by atoms with Crippen molar-refractivity contribution >= 4 is 49.4 Å². The summed E-state index contributed by atoms with van der Waals surface area (Å²) < 4.78 is 8.22. The first-order chi connectivity index (χ1) is 6.85. The molecule has 0 saturated carbocycles. The minimum atomic E-state index is 0. The van der Waals surface area contributed by atoms with E-state index in [1.807, 2.05) is 11.8 Å². The molecule has 0 amide bonds. The van der Waals surface area contributed by atoms with E-state index in [1.165, 1.54) is 11.5 Å². The molecule has 0 rings (SSSR count). The molecule has 2 nitrogen and oxygen atoms in total. The van der Waals surface area contributed by atoms with E-state index >= 15 is 0 Å². The molecular formula is C8H18ClNOS3Tc. The summed E-state index contributed by atoms with van der Waals surface area (Å²) in [6, 6.07) is 0. The fourth-order valence-corrected chi connectivity index (χ4v) is 2.12. The van der Waals surface area contributed by atoms with Crippen molar-refractivity contribution < 1.29 is 22.4 Å². The summed E-state index contributed by atoms with van der Waals surface area (Å²) in [5.41, 5.74) is 0. The van der Waals surface area contributed by atoms with E-state index in [2.05, 4.69) is 11.8 Å². The van der Waals surface area contributed by atoms with Crippen molar-refractivity contribution in [1.29, 1.82) is 0 Å². The summed E-state index contributed by atoms with van der Waals surface area (Å²) in [5.74, 6) is 4.06. The van der Waals surface area contributed by atoms with Gasteiger partial charge in [-0.2, -0.15) is 23.3 Å². The van der Waals surface area contributed by atoms with E-state index < -0.39 is 0 Å². The number of halogens is 1. The molecule has 0 fully saturated rings. The van der Waals surface area contributed by atoms with Gasteiger partial charge in [0.25, 0.3) is 0 Å². The van der Waals surface area contributed by atoms with Gasteiger partial charge >= 0.3 is 22.4 Å². The summed E-state index contributed by atoms with van der Waals surface area (Å²) in [6.45, 7) is 5.38. The van der Waals surface area contributed by atoms with Gasteiger partial charge in [-0.15, -0.1) is 12.4 Å². The van der Waals surface area contributed by atoms with Crippen LogP contribution in [0.15, 0.2) is 0 Å². The zero-order chi connectivity index (χ0) is 11.2. The third-order valence-electron chi connectivity index (χ3n) is 1.57. The second kappa shape index (κ2) is 21.1. The van der Waals surface area contributed by atoms with Crippen molar-refractivity contribution in [3.8, 4) is 0 Å². The second-order valence-corrected chi connectivity index (χ2v) is 4.66. The summed E-state index contributed by atoms with van der Waals surface area (Å²) >= 11 is 12.8. The van der Waals surface area contributed by atoms with Gasteiger partial charge in [0, 0.05) is 12.3 Å². The standard InChI is InChI=1S/C8H19NS3.ClH.O.Tc/c1-2-12-8-5-9(3-6-10)4-7-11;;;/h10-11H,2-8H2,1H3;1H;;/q;;;+2/p-2/i;;;1+1. The van der Waals surface area contributed by atoms with Crippen LogP contribution < -0.4 is 0 Å². The molecule has 0 aromatic heterocycles. The van der Waals surface area contributed by atoms with Crippen LogP contribution >= 0.6 is 24.2 Å². The number of rotatable bonds is 8. The van der Waals surface area contributed by atoms with Crippen LogP contribution in [-0.4, -0.2) is 47.5 Å². The van der Waals surface area contributed by atoms with Crippen LogP contribution in [-0.2, 0) is 47.6 Å². The Labute approximate surface area is 125 Å². The fourth-order valence-electron chi connectivity index (χ4n) is 0.932. The molecule has 93 valence electrons. The zero-order valence-corrected chi connectivity index (χ0v) is 13.9. The Balaban J connectivity index is -0.000000449. The van der Waals surface area contributed by atoms with Gasteiger partial charge in [-0.05, 0) is 18.8 Å². The third kappa shape index (κ3) is 18.3. The molecule has 0 bridgehead atoms. The van der Waals surface area contributed by atoms with Gasteiger partial charge in [0.05, 0.1) is 0 Å². The van der Waals surface area contributed by atoms with Crippen LogP contribution in [0.1, 0.15) is 6.92 Å². The summed E-state index contributed by atoms with van der Waals surface area (Å²) in [7, 11) is 0. The predicted molar refractivity (Wildman–Crippen MR) is 71.8 cm³/mol. The summed E-state index contributed by atoms with van der Waals surface area (Å²) in [6.07, 6.45) is 0. The molecule has 0 aliphatic rings. The Bertz CT molecular complexity index is 110. The Morgan fingerprint density at radius 3 is 1.93 bits per heavy atom. The van der Waals surface area contributed by atoms with Crippen LogP contribution in [0, 0.1) is 0 Å². The molecule has 0 saturated heterocycles. The first-order valence-corrected chi connectivity index (χ1v) is 7.53. The number of hydrogen-bond acceptors (Lipinski definition) is 5. The van der Waals surface area contributed by atoms with Gasteiger partial charge in [-0.25, -0.2) is 0 Å². The van der Waals surface area contributed by atoms with Crippen molar-refractivity contribution in [3.05, 3.63) is 0 Å². The van der Waals surface area contributed by atoms with Crippen LogP contribution in [0.3, 0.4) is 0 Å². The van der Waals surface area contributed by atoms with E-state index in [9.17, 15) is 0 Å². The van der Waals surface area contributed by atoms with E-state index in [1.54, 1.807) is 0 Å². The van der Waals surface area contributed by atoms with Gasteiger partial charge in [0.2, 0.25) is 0 Å². The van der Waals surface area contributed by atoms with Gasteiger partial charge in [0.15, 0.2) is 0 Å². The molecule has 0 aliphatic carbocycles. The third-order valence-corrected chi connectivity index (χ3v) is 2.82. The van der Waals surface area contributed by atoms with Gasteiger partial charge < -0.3 is 30.2 Å². The molecule has 0 spiro atoms. The van der Waals surface area contributed by atoms with Crippen LogP contribution in [0.25, 0.3) is 0 Å². The molecule has 7 heteroatoms. The van der Waals surface area contributed by atoms with Crippen molar-refractivity contribution in [2.24, 2.45) is 0 Å². The normalized spacial score (nSPS) is 9.00. The Morgan fingerprint density at radius 1 is 1.13 bits per heavy atom. The van der Waals surface area contributed by atoms with E-state index in [0.29, 0.717) is 0 Å². The number of hydrogen-bond donors (Lipinski definition) is 0. The molecule has 0 radical (unpaired) electrons. The Morgan fingerprint density at radius 2 is 1.60 bits per heavy atom. The Hall–Kier alpha value is 1.75. The van der Waals surface area contributed by atoms with E-state index in [0.717, 1.165) is 50.0 Å². The van der Waals surface area contributed by atoms with Gasteiger partial charge in [-0.3, -0.25) is 0 Å². The molecule has 0 unspecified atom stereocenters. The van der Waals surface area contributed by atoms with Crippen molar-refractivity contribution in [3.63, 3.8) is 0 Å². The predicted octanol–water partition coefficient (Wildman–Crippen LogP) is 1.44. The first-order valence-electron chi connectivity index (χ1n) is 4.46. The second-order valence-electron chi connectivity index (χ2n) is 2.45. The Kier molecular flexibility index (Phi) is 30.9. The van der Waals surface area contributed by atoms with Crippen LogP contribution in [0.5, 0.6) is 0 Å². The van der Waals surface area contributed by atoms with Gasteiger partial charge in [-0.1, -0.05) is 6.92 Å². The maximum absolute atomic E-state index is 8.22. The van der Waals surface area contributed by atoms with E-state index in [-0.39, 0.29) is 12.4 Å². The topological polar surface area (TPSA) is 20.3 Å². The molecule has 15 heavy (non-hydrogen) atoms. The average Bonchev–Trinajstić information content (AvgIpc) is 2.22. The van der Waals surface area contributed by atoms with Crippen molar-refractivity contribution in [2.45, 2.75) is 6.92 Å². The summed E-state index contributed by atoms with van der Waals surface area (Å²) in [4.78, 5) is 2.36. The van der Waals surface area contributed by atoms with Crippen LogP contribution in [0.2, 0.25) is 0 Å². The van der Waals surface area contributed by atoms with E-state index in [4.69, 9.17) is 28.8 Å². The quantitative estimate of drug-likeness (QED) is 0.472. The molecule has 0 aliphatic heterocycles. The zero-order valence-electron chi connectivity index (χ0n) is 8.82. The molecule has 0 heterocycles. The summed E-state index contributed by atoms with van der Waals surface area (Å²) in [5, 5.41) is 0. The molecular weight excluding hydrogens is 357 g/mol. The monoisotopic (exact) mass is 374 g/mol. The van der Waals surface area contributed by atoms with Crippen molar-refractivity contribution in [1.82, 2.24) is 4.90 Å². The average molecular weight is 375 g/mol. The SMILES string of the molecule is CCSCCN(CC[S-])CC[S-].Cl.[O]=[99Tc+2]. The molecule has 0 aromatic rings. The first kappa shape index (κ1) is 22.0. The van der Waals surface area contributed by atoms with Crippen molar-refractivity contribution in [2.75, 3.05) is 42.6 Å². The minimum absolute atomic E-state index is 0. The maximum atomic E-state index is 8.22. The number of thioether (sulfide) groups is 1. The molecule has 0 N–H and O–H groups in total. The van der Waals surface area contributed by atoms with Gasteiger partial charge in [0.1, 0.15) is 0 Å². The fraction of sp³-hybridized carbons (Fsp3) is 1.00. The molecule has 0 atom stereocenters. The molecule has 0 aromatic carbocycles.